The number of aliphatic carboxylic acids is 1. The first-order valence-corrected chi connectivity index (χ1v) is 3.51. The molecule has 1 aliphatic rings. The van der Waals surface area contributed by atoms with Gasteiger partial charge in [0.25, 0.3) is 0 Å². The number of halogens is 1. The van der Waals surface area contributed by atoms with Crippen LogP contribution in [0.25, 0.3) is 0 Å². The molecule has 0 aliphatic carbocycles. The lowest BCUT2D eigenvalue weighted by Gasteiger charge is -2.34. The molecule has 0 spiro atoms. The largest absolute Gasteiger partial charge is 0.479 e. The third-order valence-corrected chi connectivity index (χ3v) is 1.80. The lowest BCUT2D eigenvalue weighted by Crippen LogP contribution is -2.58. The number of hydrogen-bond donors (Lipinski definition) is 5. The predicted octanol–water partition coefficient (Wildman–Crippen LogP) is -1.99. The molecule has 0 amide bonds. The number of aliphatic hydroxyl groups excluding tert-OH is 3. The van der Waals surface area contributed by atoms with Crippen LogP contribution in [-0.4, -0.2) is 57.2 Å². The minimum Gasteiger partial charge on any atom is -0.479 e. The Morgan fingerprint density at radius 2 is 1.64 bits per heavy atom. The summed E-state index contributed by atoms with van der Waals surface area (Å²) < 4.78 is 16.7. The molecule has 7 N–H and O–H groups in total. The fourth-order valence-corrected chi connectivity index (χ4v) is 1.04. The molecule has 1 aliphatic heterocycles. The van der Waals surface area contributed by atoms with Crippen LogP contribution in [0.4, 0.5) is 4.39 Å². The first-order valence-electron chi connectivity index (χ1n) is 3.51. The number of ether oxygens (including phenoxy) is 1. The molecule has 14 heavy (non-hydrogen) atoms. The second-order valence-electron chi connectivity index (χ2n) is 2.72. The van der Waals surface area contributed by atoms with E-state index >= 15 is 0 Å². The quantitative estimate of drug-likeness (QED) is 0.339. The van der Waals surface area contributed by atoms with Gasteiger partial charge in [0, 0.05) is 0 Å². The SMILES string of the molecule is N.O=C(O)[C@H]1O[C@H](F)[C@H](O)[C@@H](O)[C@@H]1O. The lowest BCUT2D eigenvalue weighted by atomic mass is 10.00. The van der Waals surface area contributed by atoms with Crippen LogP contribution in [0.1, 0.15) is 0 Å². The molecular formula is C6H12FNO6. The summed E-state index contributed by atoms with van der Waals surface area (Å²) in [7, 11) is 0. The number of rotatable bonds is 1. The number of carbonyl (C=O) groups is 1. The highest BCUT2D eigenvalue weighted by Crippen LogP contribution is 2.21. The van der Waals surface area contributed by atoms with Gasteiger partial charge in [-0.05, 0) is 0 Å². The monoisotopic (exact) mass is 213 g/mol. The lowest BCUT2D eigenvalue weighted by molar-refractivity contribution is -0.257. The van der Waals surface area contributed by atoms with Crippen molar-refractivity contribution in [3.05, 3.63) is 0 Å². The van der Waals surface area contributed by atoms with E-state index in [-0.39, 0.29) is 6.15 Å². The van der Waals surface area contributed by atoms with Crippen LogP contribution >= 0.6 is 0 Å². The number of carboxylic acid groups (broad SMARTS) is 1. The van der Waals surface area contributed by atoms with Gasteiger partial charge in [-0.15, -0.1) is 0 Å². The average molecular weight is 213 g/mol. The minimum absolute atomic E-state index is 0. The van der Waals surface area contributed by atoms with Crippen LogP contribution in [0.2, 0.25) is 0 Å². The first-order chi connectivity index (χ1) is 5.95. The second kappa shape index (κ2) is 4.62. The molecular weight excluding hydrogens is 201 g/mol. The Morgan fingerprint density at radius 1 is 1.14 bits per heavy atom. The molecule has 1 heterocycles. The number of hydrogen-bond acceptors (Lipinski definition) is 6. The molecule has 0 aromatic rings. The van der Waals surface area contributed by atoms with E-state index in [1.807, 2.05) is 0 Å². The van der Waals surface area contributed by atoms with E-state index in [4.69, 9.17) is 20.4 Å². The topological polar surface area (TPSA) is 142 Å². The fourth-order valence-electron chi connectivity index (χ4n) is 1.04. The van der Waals surface area contributed by atoms with Gasteiger partial charge in [0.2, 0.25) is 6.36 Å². The predicted molar refractivity (Wildman–Crippen MR) is 40.4 cm³/mol. The Balaban J connectivity index is 0.00000169. The summed E-state index contributed by atoms with van der Waals surface area (Å²) in [4.78, 5) is 10.3. The third kappa shape index (κ3) is 2.16. The van der Waals surface area contributed by atoms with E-state index < -0.39 is 36.7 Å². The van der Waals surface area contributed by atoms with Crippen LogP contribution in [0.3, 0.4) is 0 Å². The Kier molecular flexibility index (Phi) is 4.36. The van der Waals surface area contributed by atoms with E-state index in [9.17, 15) is 9.18 Å². The summed E-state index contributed by atoms with van der Waals surface area (Å²) in [5.74, 6) is -1.60. The highest BCUT2D eigenvalue weighted by molar-refractivity contribution is 5.73. The Bertz CT molecular complexity index is 214. The molecule has 1 saturated heterocycles. The maximum Gasteiger partial charge on any atom is 0.335 e. The van der Waals surface area contributed by atoms with Crippen molar-refractivity contribution >= 4 is 5.97 Å². The van der Waals surface area contributed by atoms with E-state index in [1.54, 1.807) is 0 Å². The van der Waals surface area contributed by atoms with Crippen molar-refractivity contribution < 1.29 is 34.3 Å². The summed E-state index contributed by atoms with van der Waals surface area (Å²) in [6, 6.07) is 0. The van der Waals surface area contributed by atoms with Crippen LogP contribution in [0, 0.1) is 0 Å². The van der Waals surface area contributed by atoms with Gasteiger partial charge in [-0.2, -0.15) is 0 Å². The van der Waals surface area contributed by atoms with Gasteiger partial charge < -0.3 is 31.3 Å². The second-order valence-corrected chi connectivity index (χ2v) is 2.72. The normalized spacial score (nSPS) is 42.7. The van der Waals surface area contributed by atoms with E-state index in [1.165, 1.54) is 0 Å². The molecule has 0 saturated carbocycles. The van der Waals surface area contributed by atoms with Crippen LogP contribution in [-0.2, 0) is 9.53 Å². The highest BCUT2D eigenvalue weighted by atomic mass is 19.1. The van der Waals surface area contributed by atoms with Crippen molar-refractivity contribution in [2.75, 3.05) is 0 Å². The third-order valence-electron chi connectivity index (χ3n) is 1.80. The first kappa shape index (κ1) is 13.2. The van der Waals surface area contributed by atoms with Gasteiger partial charge >= 0.3 is 5.97 Å². The van der Waals surface area contributed by atoms with Crippen molar-refractivity contribution in [1.82, 2.24) is 6.15 Å². The zero-order chi connectivity index (χ0) is 10.2. The molecule has 1 fully saturated rings. The van der Waals surface area contributed by atoms with Gasteiger partial charge in [-0.1, -0.05) is 0 Å². The number of alkyl halides is 1. The van der Waals surface area contributed by atoms with E-state index in [0.29, 0.717) is 0 Å². The molecule has 0 aromatic carbocycles. The summed E-state index contributed by atoms with van der Waals surface area (Å²) in [6.07, 6.45) is -9.78. The maximum atomic E-state index is 12.6. The summed E-state index contributed by atoms with van der Waals surface area (Å²) in [5, 5.41) is 35.2. The van der Waals surface area contributed by atoms with Gasteiger partial charge in [0.05, 0.1) is 0 Å². The van der Waals surface area contributed by atoms with Crippen LogP contribution in [0.15, 0.2) is 0 Å². The summed E-state index contributed by atoms with van der Waals surface area (Å²) in [6.45, 7) is 0. The maximum absolute atomic E-state index is 12.6. The molecule has 0 bridgehead atoms. The Morgan fingerprint density at radius 3 is 2.07 bits per heavy atom. The minimum atomic E-state index is -2.31. The van der Waals surface area contributed by atoms with Gasteiger partial charge in [-0.25, -0.2) is 9.18 Å². The molecule has 84 valence electrons. The molecule has 1 rings (SSSR count). The van der Waals surface area contributed by atoms with Gasteiger partial charge in [0.1, 0.15) is 18.3 Å². The van der Waals surface area contributed by atoms with Crippen molar-refractivity contribution in [3.63, 3.8) is 0 Å². The average Bonchev–Trinajstić information content (AvgIpc) is 2.07. The smallest absolute Gasteiger partial charge is 0.335 e. The zero-order valence-corrected chi connectivity index (χ0v) is 7.08. The fraction of sp³-hybridized carbons (Fsp3) is 0.833. The molecule has 8 heteroatoms. The van der Waals surface area contributed by atoms with Crippen molar-refractivity contribution in [2.24, 2.45) is 0 Å². The Labute approximate surface area is 78.3 Å². The standard InChI is InChI=1S/C6H9FO6.H3N/c7-5-3(10)1(8)2(9)4(13-5)6(11)12;/h1-5,8-10H,(H,11,12);1H3/t1-,2-,3+,4-,5-;/m0./s1. The number of aliphatic hydroxyl groups is 3. The van der Waals surface area contributed by atoms with E-state index in [2.05, 4.69) is 4.74 Å². The molecule has 5 atom stereocenters. The van der Waals surface area contributed by atoms with Gasteiger partial charge in [-0.3, -0.25) is 0 Å². The highest BCUT2D eigenvalue weighted by Gasteiger charge is 2.47. The van der Waals surface area contributed by atoms with Crippen molar-refractivity contribution in [3.8, 4) is 0 Å². The zero-order valence-electron chi connectivity index (χ0n) is 7.08. The van der Waals surface area contributed by atoms with Crippen molar-refractivity contribution in [1.29, 1.82) is 0 Å². The molecule has 7 nitrogen and oxygen atoms in total. The van der Waals surface area contributed by atoms with Gasteiger partial charge in [0.15, 0.2) is 6.10 Å². The molecule has 0 unspecified atom stereocenters. The number of carboxylic acids is 1. The summed E-state index contributed by atoms with van der Waals surface area (Å²) >= 11 is 0. The summed E-state index contributed by atoms with van der Waals surface area (Å²) in [5.41, 5.74) is 0. The van der Waals surface area contributed by atoms with E-state index in [0.717, 1.165) is 0 Å². The van der Waals surface area contributed by atoms with Crippen LogP contribution < -0.4 is 6.15 Å². The van der Waals surface area contributed by atoms with Crippen LogP contribution in [0.5, 0.6) is 0 Å². The molecule has 0 aromatic heterocycles. The molecule has 0 radical (unpaired) electrons. The van der Waals surface area contributed by atoms with Crippen molar-refractivity contribution in [2.45, 2.75) is 30.8 Å². The Hall–Kier alpha value is -0.800.